The topological polar surface area (TPSA) is 72.4 Å². The number of aromatic nitrogens is 3. The van der Waals surface area contributed by atoms with E-state index >= 15 is 0 Å². The van der Waals surface area contributed by atoms with E-state index in [0.29, 0.717) is 24.3 Å². The Morgan fingerprint density at radius 2 is 1.94 bits per heavy atom. The number of hydrogen-bond acceptors (Lipinski definition) is 8. The van der Waals surface area contributed by atoms with E-state index in [4.69, 9.17) is 9.47 Å². The maximum atomic E-state index is 6.10. The lowest BCUT2D eigenvalue weighted by Gasteiger charge is -2.26. The quantitative estimate of drug-likeness (QED) is 0.427. The molecule has 4 aromatic rings. The van der Waals surface area contributed by atoms with Crippen molar-refractivity contribution in [3.05, 3.63) is 60.9 Å². The smallest absolute Gasteiger partial charge is 0.263 e. The Balaban J connectivity index is 1.31. The molecule has 5 rings (SSSR count). The number of rotatable bonds is 7. The summed E-state index contributed by atoms with van der Waals surface area (Å²) in [7, 11) is 1.73. The fraction of sp³-hybridized carbons (Fsp3) is 0.261. The summed E-state index contributed by atoms with van der Waals surface area (Å²) in [6, 6.07) is 16.2. The first kappa shape index (κ1) is 19.7. The Morgan fingerprint density at radius 3 is 2.77 bits per heavy atom. The second kappa shape index (κ2) is 8.87. The number of methoxy groups -OCH3 is 1. The van der Waals surface area contributed by atoms with Crippen molar-refractivity contribution in [2.24, 2.45) is 0 Å². The fourth-order valence-electron chi connectivity index (χ4n) is 3.83. The molecule has 3 heterocycles. The molecular formula is C23H23N5O2S. The molecule has 0 bridgehead atoms. The molecule has 1 aliphatic rings. The molecule has 1 fully saturated rings. The molecule has 0 aliphatic carbocycles. The molecule has 2 aromatic carbocycles. The van der Waals surface area contributed by atoms with Crippen LogP contribution >= 0.6 is 11.3 Å². The van der Waals surface area contributed by atoms with Crippen molar-refractivity contribution in [1.29, 1.82) is 0 Å². The predicted molar refractivity (Wildman–Crippen MR) is 124 cm³/mol. The van der Waals surface area contributed by atoms with E-state index in [1.54, 1.807) is 30.8 Å². The van der Waals surface area contributed by atoms with Crippen LogP contribution in [0.1, 0.15) is 12.8 Å². The van der Waals surface area contributed by atoms with Crippen LogP contribution in [-0.4, -0.2) is 41.3 Å². The van der Waals surface area contributed by atoms with Crippen molar-refractivity contribution < 1.29 is 9.47 Å². The van der Waals surface area contributed by atoms with Gasteiger partial charge in [0.05, 0.1) is 22.9 Å². The highest BCUT2D eigenvalue weighted by Gasteiger charge is 2.28. The molecule has 1 saturated heterocycles. The number of benzene rings is 2. The molecule has 1 atom stereocenters. The molecule has 0 amide bonds. The summed E-state index contributed by atoms with van der Waals surface area (Å²) in [5.74, 6) is 1.98. The molecule has 2 aromatic heterocycles. The molecule has 1 aliphatic heterocycles. The lowest BCUT2D eigenvalue weighted by atomic mass is 10.2. The van der Waals surface area contributed by atoms with Crippen LogP contribution < -0.4 is 15.0 Å². The van der Waals surface area contributed by atoms with Crippen LogP contribution in [0.4, 0.5) is 16.6 Å². The van der Waals surface area contributed by atoms with Crippen molar-refractivity contribution in [1.82, 2.24) is 15.0 Å². The van der Waals surface area contributed by atoms with Crippen molar-refractivity contribution in [3.8, 4) is 11.6 Å². The lowest BCUT2D eigenvalue weighted by molar-refractivity contribution is 0.180. The van der Waals surface area contributed by atoms with Gasteiger partial charge in [-0.1, -0.05) is 23.5 Å². The Hall–Kier alpha value is -3.23. The van der Waals surface area contributed by atoms with Crippen LogP contribution in [0.5, 0.6) is 11.6 Å². The van der Waals surface area contributed by atoms with Crippen molar-refractivity contribution in [2.75, 3.05) is 30.5 Å². The molecule has 0 spiro atoms. The summed E-state index contributed by atoms with van der Waals surface area (Å²) >= 11 is 1.63. The van der Waals surface area contributed by atoms with Crippen molar-refractivity contribution in [3.63, 3.8) is 0 Å². The molecule has 8 heteroatoms. The number of thiazole rings is 1. The SMILES string of the molecule is COCC1CCCN1c1nccnc1Oc1ccc(Nc2nc3ccccc3s2)cc1. The summed E-state index contributed by atoms with van der Waals surface area (Å²) < 4.78 is 12.6. The first-order chi connectivity index (χ1) is 15.3. The zero-order chi connectivity index (χ0) is 21.0. The highest BCUT2D eigenvalue weighted by atomic mass is 32.1. The summed E-state index contributed by atoms with van der Waals surface area (Å²) in [5.41, 5.74) is 1.95. The van der Waals surface area contributed by atoms with Gasteiger partial charge in [-0.25, -0.2) is 15.0 Å². The van der Waals surface area contributed by atoms with E-state index in [2.05, 4.69) is 31.2 Å². The van der Waals surface area contributed by atoms with Gasteiger partial charge < -0.3 is 19.7 Å². The van der Waals surface area contributed by atoms with E-state index in [1.165, 1.54) is 0 Å². The highest BCUT2D eigenvalue weighted by Crippen LogP contribution is 2.34. The molecule has 1 N–H and O–H groups in total. The number of para-hydroxylation sites is 1. The van der Waals surface area contributed by atoms with Gasteiger partial charge in [0.15, 0.2) is 10.9 Å². The van der Waals surface area contributed by atoms with Gasteiger partial charge in [0.2, 0.25) is 0 Å². The average molecular weight is 434 g/mol. The Bertz CT molecular complexity index is 1130. The van der Waals surface area contributed by atoms with Gasteiger partial charge in [0, 0.05) is 31.7 Å². The summed E-state index contributed by atoms with van der Waals surface area (Å²) in [6.07, 6.45) is 5.55. The predicted octanol–water partition coefficient (Wildman–Crippen LogP) is 5.24. The van der Waals surface area contributed by atoms with Crippen LogP contribution in [-0.2, 0) is 4.74 Å². The number of nitrogens with one attached hydrogen (secondary N) is 1. The van der Waals surface area contributed by atoms with E-state index in [1.807, 2.05) is 42.5 Å². The van der Waals surface area contributed by atoms with Gasteiger partial charge in [-0.05, 0) is 49.2 Å². The van der Waals surface area contributed by atoms with Gasteiger partial charge in [0.25, 0.3) is 5.88 Å². The minimum Gasteiger partial charge on any atom is -0.436 e. The molecule has 0 saturated carbocycles. The van der Waals surface area contributed by atoms with E-state index in [0.717, 1.165) is 46.2 Å². The third-order valence-corrected chi connectivity index (χ3v) is 6.22. The number of fused-ring (bicyclic) bond motifs is 1. The van der Waals surface area contributed by atoms with Crippen molar-refractivity contribution >= 4 is 38.2 Å². The summed E-state index contributed by atoms with van der Waals surface area (Å²) in [6.45, 7) is 1.59. The normalized spacial score (nSPS) is 16.0. The zero-order valence-electron chi connectivity index (χ0n) is 17.2. The maximum Gasteiger partial charge on any atom is 0.263 e. The molecule has 7 nitrogen and oxygen atoms in total. The third-order valence-electron chi connectivity index (χ3n) is 5.27. The minimum atomic E-state index is 0.296. The van der Waals surface area contributed by atoms with Gasteiger partial charge >= 0.3 is 0 Å². The summed E-state index contributed by atoms with van der Waals surface area (Å²) in [4.78, 5) is 15.8. The number of anilines is 3. The lowest BCUT2D eigenvalue weighted by Crippen LogP contribution is -2.33. The van der Waals surface area contributed by atoms with Crippen LogP contribution in [0.15, 0.2) is 60.9 Å². The van der Waals surface area contributed by atoms with Gasteiger partial charge in [-0.2, -0.15) is 0 Å². The molecule has 1 unspecified atom stereocenters. The second-order valence-corrected chi connectivity index (χ2v) is 8.40. The Morgan fingerprint density at radius 1 is 1.10 bits per heavy atom. The minimum absolute atomic E-state index is 0.296. The first-order valence-electron chi connectivity index (χ1n) is 10.3. The van der Waals surface area contributed by atoms with Gasteiger partial charge in [-0.3, -0.25) is 0 Å². The highest BCUT2D eigenvalue weighted by molar-refractivity contribution is 7.22. The van der Waals surface area contributed by atoms with Crippen LogP contribution in [0.2, 0.25) is 0 Å². The number of hydrogen-bond donors (Lipinski definition) is 1. The maximum absolute atomic E-state index is 6.10. The molecule has 158 valence electrons. The van der Waals surface area contributed by atoms with E-state index < -0.39 is 0 Å². The first-order valence-corrected chi connectivity index (χ1v) is 11.1. The zero-order valence-corrected chi connectivity index (χ0v) is 18.0. The van der Waals surface area contributed by atoms with Gasteiger partial charge in [-0.15, -0.1) is 0 Å². The third kappa shape index (κ3) is 4.30. The monoisotopic (exact) mass is 433 g/mol. The average Bonchev–Trinajstić information content (AvgIpc) is 3.42. The summed E-state index contributed by atoms with van der Waals surface area (Å²) in [5, 5.41) is 4.23. The molecule has 31 heavy (non-hydrogen) atoms. The standard InChI is InChI=1S/C23H23N5O2S/c1-29-15-17-5-4-14-28(17)21-22(25-13-12-24-21)30-18-10-8-16(9-11-18)26-23-27-19-6-2-3-7-20(19)31-23/h2-3,6-13,17H,4-5,14-15H2,1H3,(H,26,27). The van der Waals surface area contributed by atoms with Crippen LogP contribution in [0, 0.1) is 0 Å². The Kier molecular flexibility index (Phi) is 5.64. The largest absolute Gasteiger partial charge is 0.436 e. The van der Waals surface area contributed by atoms with Crippen molar-refractivity contribution in [2.45, 2.75) is 18.9 Å². The number of ether oxygens (including phenoxy) is 2. The Labute approximate surface area is 184 Å². The van der Waals surface area contributed by atoms with E-state index in [-0.39, 0.29) is 0 Å². The van der Waals surface area contributed by atoms with Gasteiger partial charge in [0.1, 0.15) is 5.75 Å². The molecule has 0 radical (unpaired) electrons. The van der Waals surface area contributed by atoms with E-state index in [9.17, 15) is 0 Å². The van der Waals surface area contributed by atoms with Crippen LogP contribution in [0.25, 0.3) is 10.2 Å². The number of nitrogens with zero attached hydrogens (tertiary/aromatic N) is 4. The molecular weight excluding hydrogens is 410 g/mol. The second-order valence-electron chi connectivity index (χ2n) is 7.37. The van der Waals surface area contributed by atoms with Crippen LogP contribution in [0.3, 0.4) is 0 Å². The fourth-order valence-corrected chi connectivity index (χ4v) is 4.72.